The summed E-state index contributed by atoms with van der Waals surface area (Å²) >= 11 is 0. The van der Waals surface area contributed by atoms with E-state index in [-0.39, 0.29) is 18.7 Å². The molecule has 0 unspecified atom stereocenters. The Morgan fingerprint density at radius 3 is 2.76 bits per heavy atom. The second-order valence-corrected chi connectivity index (χ2v) is 5.84. The number of nitrogens with one attached hydrogen (secondary N) is 1. The van der Waals surface area contributed by atoms with Gasteiger partial charge < -0.3 is 20.1 Å². The number of nitriles is 1. The summed E-state index contributed by atoms with van der Waals surface area (Å²) in [6.07, 6.45) is 1.73. The van der Waals surface area contributed by atoms with Gasteiger partial charge in [0.25, 0.3) is 0 Å². The summed E-state index contributed by atoms with van der Waals surface area (Å²) in [5, 5.41) is 21.2. The lowest BCUT2D eigenvalue weighted by molar-refractivity contribution is 0.166. The maximum Gasteiger partial charge on any atom is 0.322 e. The minimum atomic E-state index is -0.208. The van der Waals surface area contributed by atoms with Gasteiger partial charge in [0.1, 0.15) is 17.6 Å². The highest BCUT2D eigenvalue weighted by Crippen LogP contribution is 2.26. The normalized spacial score (nSPS) is 16.3. The molecule has 0 radical (unpaired) electrons. The fourth-order valence-electron chi connectivity index (χ4n) is 2.87. The molecule has 1 aliphatic rings. The summed E-state index contributed by atoms with van der Waals surface area (Å²) in [5.41, 5.74) is 1.11. The molecule has 25 heavy (non-hydrogen) atoms. The van der Waals surface area contributed by atoms with E-state index in [4.69, 9.17) is 10.00 Å². The molecule has 3 rings (SSSR count). The summed E-state index contributed by atoms with van der Waals surface area (Å²) in [6, 6.07) is 15.7. The number of carbonyl (C=O) groups excluding carboxylic acids is 1. The molecule has 2 amide bonds. The summed E-state index contributed by atoms with van der Waals surface area (Å²) in [4.78, 5) is 13.9. The highest BCUT2D eigenvalue weighted by Gasteiger charge is 2.27. The quantitative estimate of drug-likeness (QED) is 0.896. The fraction of sp³-hybridized carbons (Fsp3) is 0.263. The van der Waals surface area contributed by atoms with Gasteiger partial charge in [0, 0.05) is 12.2 Å². The third-order valence-electron chi connectivity index (χ3n) is 4.19. The van der Waals surface area contributed by atoms with Crippen LogP contribution < -0.4 is 10.1 Å². The number of likely N-dealkylation sites (tertiary alicyclic amines) is 1. The van der Waals surface area contributed by atoms with Crippen LogP contribution >= 0.6 is 0 Å². The van der Waals surface area contributed by atoms with E-state index in [2.05, 4.69) is 11.4 Å². The van der Waals surface area contributed by atoms with Crippen molar-refractivity contribution in [2.75, 3.05) is 18.5 Å². The van der Waals surface area contributed by atoms with Crippen molar-refractivity contribution in [2.24, 2.45) is 0 Å². The summed E-state index contributed by atoms with van der Waals surface area (Å²) in [5.74, 6) is 1.07. The number of hydrogen-bond donors (Lipinski definition) is 2. The Hall–Kier alpha value is -3.04. The molecule has 2 aromatic rings. The lowest BCUT2D eigenvalue weighted by atomic mass is 10.2. The molecule has 0 spiro atoms. The van der Waals surface area contributed by atoms with E-state index < -0.39 is 0 Å². The second kappa shape index (κ2) is 7.69. The molecule has 1 heterocycles. The van der Waals surface area contributed by atoms with Crippen molar-refractivity contribution in [3.8, 4) is 17.6 Å². The number of anilines is 1. The number of ether oxygens (including phenoxy) is 1. The number of benzene rings is 2. The van der Waals surface area contributed by atoms with Crippen LogP contribution in [0, 0.1) is 11.3 Å². The van der Waals surface area contributed by atoms with Crippen molar-refractivity contribution in [3.63, 3.8) is 0 Å². The Balaban J connectivity index is 1.64. The molecule has 6 heteroatoms. The van der Waals surface area contributed by atoms with Crippen LogP contribution in [0.4, 0.5) is 10.5 Å². The maximum atomic E-state index is 12.3. The summed E-state index contributed by atoms with van der Waals surface area (Å²) in [6.45, 7) is 0.641. The van der Waals surface area contributed by atoms with Gasteiger partial charge >= 0.3 is 6.03 Å². The Morgan fingerprint density at radius 2 is 2.04 bits per heavy atom. The van der Waals surface area contributed by atoms with Crippen molar-refractivity contribution < 1.29 is 14.6 Å². The highest BCUT2D eigenvalue weighted by atomic mass is 16.5. The predicted octanol–water partition coefficient (Wildman–Crippen LogP) is 3.34. The number of rotatable bonds is 4. The predicted molar refractivity (Wildman–Crippen MR) is 93.5 cm³/mol. The average molecular weight is 337 g/mol. The van der Waals surface area contributed by atoms with Gasteiger partial charge in [0.2, 0.25) is 0 Å². The molecule has 0 aliphatic carbocycles. The third-order valence-corrected chi connectivity index (χ3v) is 4.19. The minimum Gasteiger partial charge on any atom is -0.456 e. The first kappa shape index (κ1) is 16.8. The molecule has 1 aliphatic heterocycles. The van der Waals surface area contributed by atoms with Crippen molar-refractivity contribution in [3.05, 3.63) is 54.1 Å². The topological polar surface area (TPSA) is 85.6 Å². The van der Waals surface area contributed by atoms with Gasteiger partial charge in [-0.1, -0.05) is 12.1 Å². The monoisotopic (exact) mass is 337 g/mol. The molecule has 1 saturated heterocycles. The molecule has 1 fully saturated rings. The van der Waals surface area contributed by atoms with Crippen LogP contribution in [0.1, 0.15) is 18.4 Å². The van der Waals surface area contributed by atoms with Crippen molar-refractivity contribution in [1.29, 1.82) is 5.26 Å². The first-order valence-electron chi connectivity index (χ1n) is 8.17. The van der Waals surface area contributed by atoms with E-state index >= 15 is 0 Å². The minimum absolute atomic E-state index is 0.0154. The number of para-hydroxylation sites is 1. The summed E-state index contributed by atoms with van der Waals surface area (Å²) < 4.78 is 5.72. The van der Waals surface area contributed by atoms with E-state index in [9.17, 15) is 9.90 Å². The van der Waals surface area contributed by atoms with Gasteiger partial charge in [-0.2, -0.15) is 5.26 Å². The Kier molecular flexibility index (Phi) is 5.17. The maximum absolute atomic E-state index is 12.3. The number of aliphatic hydroxyl groups is 1. The lowest BCUT2D eigenvalue weighted by Crippen LogP contribution is -2.40. The van der Waals surface area contributed by atoms with E-state index in [1.165, 1.54) is 0 Å². The zero-order valence-electron chi connectivity index (χ0n) is 13.7. The van der Waals surface area contributed by atoms with Gasteiger partial charge in [-0.3, -0.25) is 0 Å². The highest BCUT2D eigenvalue weighted by molar-refractivity contribution is 5.89. The lowest BCUT2D eigenvalue weighted by Gasteiger charge is -2.23. The number of hydrogen-bond acceptors (Lipinski definition) is 4. The standard InChI is InChI=1S/C19H19N3O3/c20-12-14-4-1-2-6-18(14)25-17-9-7-15(8-10-17)21-19(24)22-11-3-5-16(22)13-23/h1-2,4,6-10,16,23H,3,5,11,13H2,(H,21,24)/t16-/m0/s1. The molecule has 6 nitrogen and oxygen atoms in total. The van der Waals surface area contributed by atoms with Crippen LogP contribution in [0.3, 0.4) is 0 Å². The van der Waals surface area contributed by atoms with Gasteiger partial charge in [0.15, 0.2) is 0 Å². The van der Waals surface area contributed by atoms with E-state index in [0.29, 0.717) is 29.3 Å². The second-order valence-electron chi connectivity index (χ2n) is 5.84. The van der Waals surface area contributed by atoms with Crippen LogP contribution in [0.15, 0.2) is 48.5 Å². The molecule has 2 aromatic carbocycles. The van der Waals surface area contributed by atoms with Crippen molar-refractivity contribution in [1.82, 2.24) is 4.90 Å². The van der Waals surface area contributed by atoms with Gasteiger partial charge in [0.05, 0.1) is 18.2 Å². The smallest absolute Gasteiger partial charge is 0.322 e. The number of nitrogens with zero attached hydrogens (tertiary/aromatic N) is 2. The van der Waals surface area contributed by atoms with Gasteiger partial charge in [-0.15, -0.1) is 0 Å². The van der Waals surface area contributed by atoms with Gasteiger partial charge in [-0.25, -0.2) is 4.79 Å². The van der Waals surface area contributed by atoms with E-state index in [1.54, 1.807) is 53.4 Å². The number of amides is 2. The Bertz CT molecular complexity index is 783. The molecular weight excluding hydrogens is 318 g/mol. The number of carbonyl (C=O) groups is 1. The average Bonchev–Trinajstić information content (AvgIpc) is 3.13. The largest absolute Gasteiger partial charge is 0.456 e. The van der Waals surface area contributed by atoms with Crippen LogP contribution in [0.5, 0.6) is 11.5 Å². The van der Waals surface area contributed by atoms with E-state index in [0.717, 1.165) is 12.8 Å². The fourth-order valence-corrected chi connectivity index (χ4v) is 2.87. The molecule has 2 N–H and O–H groups in total. The molecule has 0 saturated carbocycles. The molecule has 1 atom stereocenters. The number of urea groups is 1. The first-order valence-corrected chi connectivity index (χ1v) is 8.17. The molecule has 0 bridgehead atoms. The third kappa shape index (κ3) is 3.90. The summed E-state index contributed by atoms with van der Waals surface area (Å²) in [7, 11) is 0. The molecule has 128 valence electrons. The van der Waals surface area contributed by atoms with Crippen molar-refractivity contribution >= 4 is 11.7 Å². The van der Waals surface area contributed by atoms with Crippen molar-refractivity contribution in [2.45, 2.75) is 18.9 Å². The molecular formula is C19H19N3O3. The first-order chi connectivity index (χ1) is 12.2. The van der Waals surface area contributed by atoms with Gasteiger partial charge in [-0.05, 0) is 49.2 Å². The zero-order valence-corrected chi connectivity index (χ0v) is 13.7. The van der Waals surface area contributed by atoms with Crippen LogP contribution in [-0.4, -0.2) is 35.2 Å². The van der Waals surface area contributed by atoms with Crippen LogP contribution in [-0.2, 0) is 0 Å². The zero-order chi connectivity index (χ0) is 17.6. The van der Waals surface area contributed by atoms with E-state index in [1.807, 2.05) is 0 Å². The van der Waals surface area contributed by atoms with Crippen LogP contribution in [0.25, 0.3) is 0 Å². The molecule has 0 aromatic heterocycles. The Morgan fingerprint density at radius 1 is 1.28 bits per heavy atom. The number of aliphatic hydroxyl groups excluding tert-OH is 1. The Labute approximate surface area is 146 Å². The van der Waals surface area contributed by atoms with Crippen LogP contribution in [0.2, 0.25) is 0 Å². The SMILES string of the molecule is N#Cc1ccccc1Oc1ccc(NC(=O)N2CCC[C@H]2CO)cc1.